The third kappa shape index (κ3) is 4.48. The largest absolute Gasteiger partial charge is 0.345 e. The number of aromatic nitrogens is 3. The van der Waals surface area contributed by atoms with Crippen LogP contribution >= 0.6 is 11.3 Å². The molecule has 0 saturated carbocycles. The number of likely N-dealkylation sites (tertiary alicyclic amines) is 1. The maximum absolute atomic E-state index is 13.0. The molecule has 3 aromatic rings. The molecule has 0 bridgehead atoms. The standard InChI is InChI=1S/C22H27N5O3S2/c1-15-20(22(28)27-10-5-4-6-11-27)31-21(25-15)18-12-19(16(2)26(18)3)32(29,30)24-14-17-8-7-9-23-13-17/h7-9,12-13,24H,4-6,10-11,14H2,1-3H3. The van der Waals surface area contributed by atoms with Gasteiger partial charge in [-0.2, -0.15) is 0 Å². The molecule has 1 fully saturated rings. The van der Waals surface area contributed by atoms with Gasteiger partial charge in [0.1, 0.15) is 14.8 Å². The van der Waals surface area contributed by atoms with Crippen LogP contribution in [0.15, 0.2) is 35.5 Å². The fourth-order valence-electron chi connectivity index (χ4n) is 3.85. The fraction of sp³-hybridized carbons (Fsp3) is 0.409. The summed E-state index contributed by atoms with van der Waals surface area (Å²) >= 11 is 1.32. The van der Waals surface area contributed by atoms with Crippen LogP contribution in [0.5, 0.6) is 0 Å². The number of carbonyl (C=O) groups excluding carboxylic acids is 1. The lowest BCUT2D eigenvalue weighted by atomic mass is 10.1. The molecule has 1 saturated heterocycles. The maximum atomic E-state index is 13.0. The van der Waals surface area contributed by atoms with Crippen LogP contribution in [0, 0.1) is 13.8 Å². The molecule has 4 heterocycles. The molecule has 170 valence electrons. The van der Waals surface area contributed by atoms with Gasteiger partial charge in [0.15, 0.2) is 0 Å². The van der Waals surface area contributed by atoms with Crippen LogP contribution in [0.1, 0.15) is 45.9 Å². The average Bonchev–Trinajstić information content (AvgIpc) is 3.33. The number of pyridine rings is 1. The van der Waals surface area contributed by atoms with Gasteiger partial charge in [0.2, 0.25) is 10.0 Å². The Hall–Kier alpha value is -2.56. The Morgan fingerprint density at radius 2 is 1.97 bits per heavy atom. The van der Waals surface area contributed by atoms with Gasteiger partial charge in [-0.1, -0.05) is 6.07 Å². The van der Waals surface area contributed by atoms with E-state index in [9.17, 15) is 13.2 Å². The van der Waals surface area contributed by atoms with E-state index in [1.807, 2.05) is 29.5 Å². The van der Waals surface area contributed by atoms with Crippen LogP contribution in [0.2, 0.25) is 0 Å². The van der Waals surface area contributed by atoms with E-state index in [1.165, 1.54) is 11.3 Å². The van der Waals surface area contributed by atoms with E-state index in [1.54, 1.807) is 31.5 Å². The minimum absolute atomic E-state index is 0.0165. The van der Waals surface area contributed by atoms with Crippen molar-refractivity contribution < 1.29 is 13.2 Å². The Kier molecular flexibility index (Phi) is 6.45. The first kappa shape index (κ1) is 22.6. The lowest BCUT2D eigenvalue weighted by Gasteiger charge is -2.26. The third-order valence-corrected chi connectivity index (χ3v) is 8.51. The quantitative estimate of drug-likeness (QED) is 0.593. The van der Waals surface area contributed by atoms with Gasteiger partial charge >= 0.3 is 0 Å². The molecule has 1 N–H and O–H groups in total. The van der Waals surface area contributed by atoms with Gasteiger partial charge in [0.25, 0.3) is 5.91 Å². The van der Waals surface area contributed by atoms with Gasteiger partial charge in [0.05, 0.1) is 11.4 Å². The van der Waals surface area contributed by atoms with Gasteiger partial charge in [-0.15, -0.1) is 11.3 Å². The number of carbonyl (C=O) groups is 1. The molecule has 32 heavy (non-hydrogen) atoms. The number of nitrogens with one attached hydrogen (secondary N) is 1. The maximum Gasteiger partial charge on any atom is 0.265 e. The Balaban J connectivity index is 1.60. The summed E-state index contributed by atoms with van der Waals surface area (Å²) in [4.78, 5) is 24.3. The number of piperidine rings is 1. The van der Waals surface area contributed by atoms with Crippen LogP contribution in [0.3, 0.4) is 0 Å². The molecular weight excluding hydrogens is 446 g/mol. The van der Waals surface area contributed by atoms with Crippen molar-refractivity contribution in [2.75, 3.05) is 13.1 Å². The zero-order valence-electron chi connectivity index (χ0n) is 18.5. The highest BCUT2D eigenvalue weighted by Crippen LogP contribution is 2.33. The van der Waals surface area contributed by atoms with Gasteiger partial charge in [-0.05, 0) is 50.8 Å². The van der Waals surface area contributed by atoms with Crippen LogP contribution < -0.4 is 4.72 Å². The smallest absolute Gasteiger partial charge is 0.265 e. The van der Waals surface area contributed by atoms with E-state index in [2.05, 4.69) is 14.7 Å². The van der Waals surface area contributed by atoms with E-state index in [4.69, 9.17) is 0 Å². The second-order valence-corrected chi connectivity index (χ2v) is 10.7. The fourth-order valence-corrected chi connectivity index (χ4v) is 6.24. The van der Waals surface area contributed by atoms with Crippen molar-refractivity contribution in [2.45, 2.75) is 44.6 Å². The number of amides is 1. The van der Waals surface area contributed by atoms with Crippen molar-refractivity contribution in [1.82, 2.24) is 24.2 Å². The summed E-state index contributed by atoms with van der Waals surface area (Å²) in [6.07, 6.45) is 6.49. The molecule has 8 nitrogen and oxygen atoms in total. The summed E-state index contributed by atoms with van der Waals surface area (Å²) in [5, 5.41) is 0.641. The summed E-state index contributed by atoms with van der Waals surface area (Å²) < 4.78 is 30.4. The van der Waals surface area contributed by atoms with E-state index in [0.29, 0.717) is 27.0 Å². The van der Waals surface area contributed by atoms with Crippen molar-refractivity contribution in [2.24, 2.45) is 7.05 Å². The number of hydrogen-bond donors (Lipinski definition) is 1. The van der Waals surface area contributed by atoms with Gasteiger partial charge in [-0.25, -0.2) is 18.1 Å². The van der Waals surface area contributed by atoms with Gasteiger partial charge in [-0.3, -0.25) is 9.78 Å². The van der Waals surface area contributed by atoms with E-state index in [-0.39, 0.29) is 17.3 Å². The first-order valence-corrected chi connectivity index (χ1v) is 12.9. The number of rotatable bonds is 6. The van der Waals surface area contributed by atoms with E-state index < -0.39 is 10.0 Å². The Bertz CT molecular complexity index is 1230. The number of nitrogens with zero attached hydrogens (tertiary/aromatic N) is 4. The molecule has 1 aliphatic rings. The molecule has 1 aliphatic heterocycles. The Labute approximate surface area is 192 Å². The molecule has 0 aromatic carbocycles. The summed E-state index contributed by atoms with van der Waals surface area (Å²) in [6, 6.07) is 5.22. The molecule has 1 amide bonds. The highest BCUT2D eigenvalue weighted by molar-refractivity contribution is 7.89. The highest BCUT2D eigenvalue weighted by atomic mass is 32.2. The molecule has 0 atom stereocenters. The number of thiazole rings is 1. The van der Waals surface area contributed by atoms with Crippen LogP contribution in [0.25, 0.3) is 10.7 Å². The molecule has 4 rings (SSSR count). The Morgan fingerprint density at radius 1 is 1.22 bits per heavy atom. The minimum atomic E-state index is -3.73. The van der Waals surface area contributed by atoms with Crippen molar-refractivity contribution in [1.29, 1.82) is 0 Å². The molecule has 0 spiro atoms. The van der Waals surface area contributed by atoms with Crippen molar-refractivity contribution >= 4 is 27.3 Å². The first-order chi connectivity index (χ1) is 15.3. The zero-order chi connectivity index (χ0) is 22.9. The molecular formula is C22H27N5O3S2. The summed E-state index contributed by atoms with van der Waals surface area (Å²) in [5.41, 5.74) is 2.74. The minimum Gasteiger partial charge on any atom is -0.345 e. The van der Waals surface area contributed by atoms with Gasteiger partial charge in [0, 0.05) is 44.8 Å². The predicted molar refractivity (Wildman–Crippen MR) is 124 cm³/mol. The second-order valence-electron chi connectivity index (χ2n) is 8.01. The number of sulfonamides is 1. The highest BCUT2D eigenvalue weighted by Gasteiger charge is 2.27. The van der Waals surface area contributed by atoms with Crippen LogP contribution in [-0.4, -0.2) is 46.8 Å². The van der Waals surface area contributed by atoms with E-state index in [0.717, 1.165) is 37.9 Å². The van der Waals surface area contributed by atoms with Crippen molar-refractivity contribution in [3.8, 4) is 10.7 Å². The number of aryl methyl sites for hydroxylation is 1. The molecule has 0 aliphatic carbocycles. The lowest BCUT2D eigenvalue weighted by molar-refractivity contribution is 0.0728. The number of hydrogen-bond acceptors (Lipinski definition) is 6. The van der Waals surface area contributed by atoms with Crippen LogP contribution in [-0.2, 0) is 23.6 Å². The monoisotopic (exact) mass is 473 g/mol. The van der Waals surface area contributed by atoms with E-state index >= 15 is 0 Å². The molecule has 3 aromatic heterocycles. The third-order valence-electron chi connectivity index (χ3n) is 5.82. The Morgan fingerprint density at radius 3 is 2.66 bits per heavy atom. The summed E-state index contributed by atoms with van der Waals surface area (Å²) in [5.74, 6) is 0.0165. The van der Waals surface area contributed by atoms with Crippen LogP contribution in [0.4, 0.5) is 0 Å². The summed E-state index contributed by atoms with van der Waals surface area (Å²) in [6.45, 7) is 5.31. The summed E-state index contributed by atoms with van der Waals surface area (Å²) in [7, 11) is -1.92. The first-order valence-electron chi connectivity index (χ1n) is 10.6. The molecule has 10 heteroatoms. The average molecular weight is 474 g/mol. The molecule has 0 unspecified atom stereocenters. The second kappa shape index (κ2) is 9.13. The van der Waals surface area contributed by atoms with Crippen molar-refractivity contribution in [3.05, 3.63) is 52.4 Å². The van der Waals surface area contributed by atoms with Crippen molar-refractivity contribution in [3.63, 3.8) is 0 Å². The molecule has 0 radical (unpaired) electrons. The normalized spacial score (nSPS) is 14.7. The topological polar surface area (TPSA) is 97.2 Å². The lowest BCUT2D eigenvalue weighted by Crippen LogP contribution is -2.35. The SMILES string of the molecule is Cc1nc(-c2cc(S(=O)(=O)NCc3cccnc3)c(C)n2C)sc1C(=O)N1CCCCC1. The zero-order valence-corrected chi connectivity index (χ0v) is 20.1. The van der Waals surface area contributed by atoms with Gasteiger partial charge < -0.3 is 9.47 Å². The predicted octanol–water partition coefficient (Wildman–Crippen LogP) is 3.27.